The number of halogens is 2. The fourth-order valence-electron chi connectivity index (χ4n) is 2.16. The highest BCUT2D eigenvalue weighted by Gasteiger charge is 2.18. The van der Waals surface area contributed by atoms with Crippen molar-refractivity contribution in [2.45, 2.75) is 20.8 Å². The van der Waals surface area contributed by atoms with Gasteiger partial charge in [0.25, 0.3) is 0 Å². The molecule has 120 valence electrons. The van der Waals surface area contributed by atoms with Crippen LogP contribution < -0.4 is 23.2 Å². The minimum Gasteiger partial charge on any atom is -0.508 e. The van der Waals surface area contributed by atoms with Gasteiger partial charge in [-0.1, -0.05) is 11.6 Å². The summed E-state index contributed by atoms with van der Waals surface area (Å²) in [5, 5.41) is 10.2. The Labute approximate surface area is 135 Å². The molecule has 0 atom stereocenters. The highest BCUT2D eigenvalue weighted by atomic mass is 35.7. The lowest BCUT2D eigenvalue weighted by Crippen LogP contribution is -2.68. The first kappa shape index (κ1) is 18.6. The van der Waals surface area contributed by atoms with E-state index in [0.717, 1.165) is 17.1 Å². The second kappa shape index (κ2) is 7.23. The highest BCUT2D eigenvalue weighted by molar-refractivity contribution is 6.32. The molecule has 1 N–H and O–H groups in total. The molecule has 0 radical (unpaired) electrons. The third kappa shape index (κ3) is 5.76. The molecule has 0 spiro atoms. The molecule has 0 aliphatic carbocycles. The van der Waals surface area contributed by atoms with Gasteiger partial charge in [0.05, 0.1) is 6.07 Å². The van der Waals surface area contributed by atoms with Crippen molar-refractivity contribution in [1.82, 2.24) is 0 Å². The number of phenols is 1. The van der Waals surface area contributed by atoms with Gasteiger partial charge in [-0.25, -0.2) is 18.6 Å². The zero-order valence-electron chi connectivity index (χ0n) is 12.2. The van der Waals surface area contributed by atoms with Gasteiger partial charge < -0.3 is 5.11 Å². The fraction of sp³-hybridized carbons (Fsp3) is 0.214. The number of aromatic nitrogens is 1. The molecule has 6 nitrogen and oxygen atoms in total. The fourth-order valence-corrected chi connectivity index (χ4v) is 2.36. The lowest BCUT2D eigenvalue weighted by molar-refractivity contribution is -2.00. The van der Waals surface area contributed by atoms with Crippen molar-refractivity contribution < 1.29 is 38.6 Å². The maximum atomic E-state index is 9.56. The maximum Gasteiger partial charge on any atom is 0.233 e. The Balaban J connectivity index is 0.000000422. The third-order valence-corrected chi connectivity index (χ3v) is 3.07. The van der Waals surface area contributed by atoms with Crippen LogP contribution in [0.5, 0.6) is 5.75 Å². The zero-order valence-corrected chi connectivity index (χ0v) is 13.7. The summed E-state index contributed by atoms with van der Waals surface area (Å²) in [6, 6.07) is 9.15. The molecule has 0 unspecified atom stereocenters. The Morgan fingerprint density at radius 2 is 1.41 bits per heavy atom. The van der Waals surface area contributed by atoms with Crippen LogP contribution in [0.4, 0.5) is 0 Å². The van der Waals surface area contributed by atoms with Gasteiger partial charge in [0.15, 0.2) is 11.4 Å². The smallest absolute Gasteiger partial charge is 0.233 e. The van der Waals surface area contributed by atoms with E-state index >= 15 is 0 Å². The minimum absolute atomic E-state index is 0.219. The van der Waals surface area contributed by atoms with E-state index in [4.69, 9.17) is 30.2 Å². The van der Waals surface area contributed by atoms with Crippen LogP contribution in [-0.2, 0) is 0 Å². The van der Waals surface area contributed by atoms with E-state index in [0.29, 0.717) is 5.02 Å². The Hall–Kier alpha value is -1.41. The lowest BCUT2D eigenvalue weighted by Gasteiger charge is -2.17. The first-order valence-electron chi connectivity index (χ1n) is 6.09. The predicted molar refractivity (Wildman–Crippen MR) is 68.9 cm³/mol. The van der Waals surface area contributed by atoms with Crippen molar-refractivity contribution in [1.29, 1.82) is 0 Å². The van der Waals surface area contributed by atoms with Gasteiger partial charge in [0.1, 0.15) is 10.8 Å². The third-order valence-electron chi connectivity index (χ3n) is 2.75. The van der Waals surface area contributed by atoms with Gasteiger partial charge in [-0.3, -0.25) is 0 Å². The van der Waals surface area contributed by atoms with Crippen molar-refractivity contribution in [3.05, 3.63) is 52.3 Å². The van der Waals surface area contributed by atoms with E-state index < -0.39 is 10.2 Å². The summed E-state index contributed by atoms with van der Waals surface area (Å²) < 4.78 is 36.0. The van der Waals surface area contributed by atoms with Gasteiger partial charge in [-0.05, 0) is 24.6 Å². The number of benzene rings is 1. The van der Waals surface area contributed by atoms with Crippen LogP contribution in [0.1, 0.15) is 17.0 Å². The van der Waals surface area contributed by atoms with Crippen molar-refractivity contribution in [3.8, 4) is 11.4 Å². The van der Waals surface area contributed by atoms with E-state index in [9.17, 15) is 5.11 Å². The molecule has 22 heavy (non-hydrogen) atoms. The van der Waals surface area contributed by atoms with E-state index in [-0.39, 0.29) is 5.75 Å². The van der Waals surface area contributed by atoms with Crippen LogP contribution in [-0.4, -0.2) is 5.11 Å². The molecule has 0 saturated carbocycles. The molecule has 1 aromatic heterocycles. The average Bonchev–Trinajstić information content (AvgIpc) is 2.30. The normalized spacial score (nSPS) is 10.9. The molecule has 2 rings (SSSR count). The highest BCUT2D eigenvalue weighted by Crippen LogP contribution is 2.22. The molecule has 0 bridgehead atoms. The van der Waals surface area contributed by atoms with Crippen LogP contribution >= 0.6 is 11.6 Å². The number of aryl methyl sites for hydroxylation is 3. The van der Waals surface area contributed by atoms with Crippen molar-refractivity contribution in [2.24, 2.45) is 0 Å². The van der Waals surface area contributed by atoms with Gasteiger partial charge >= 0.3 is 0 Å². The average molecular weight is 348 g/mol. The number of pyridine rings is 1. The Morgan fingerprint density at radius 1 is 0.955 bits per heavy atom. The maximum absolute atomic E-state index is 9.56. The molecule has 0 aliphatic heterocycles. The van der Waals surface area contributed by atoms with Crippen molar-refractivity contribution in [3.63, 3.8) is 0 Å². The molecular weight excluding hydrogens is 333 g/mol. The molecule has 1 heterocycles. The summed E-state index contributed by atoms with van der Waals surface area (Å²) in [6.45, 7) is 6.12. The SMILES string of the molecule is Cc1cc(C)[n+](-c2cc(O)ccc2Cl)c(C)c1.[O-][Cl+3]([O-])([O-])[O-]. The molecule has 1 aromatic carbocycles. The van der Waals surface area contributed by atoms with Gasteiger partial charge in [0, 0.05) is 26.0 Å². The quantitative estimate of drug-likeness (QED) is 0.629. The summed E-state index contributed by atoms with van der Waals surface area (Å²) >= 11 is 6.18. The Bertz CT molecular complexity index is 642. The number of nitrogens with zero attached hydrogens (tertiary/aromatic N) is 1. The van der Waals surface area contributed by atoms with E-state index in [2.05, 4.69) is 19.1 Å². The number of hydrogen-bond donors (Lipinski definition) is 1. The predicted octanol–water partition coefficient (Wildman–Crippen LogP) is -1.51. The summed E-state index contributed by atoms with van der Waals surface area (Å²) in [6.07, 6.45) is 0. The summed E-state index contributed by atoms with van der Waals surface area (Å²) in [7, 11) is -4.94. The second-order valence-electron chi connectivity index (χ2n) is 4.66. The van der Waals surface area contributed by atoms with Crippen LogP contribution in [0.25, 0.3) is 5.69 Å². The number of hydrogen-bond acceptors (Lipinski definition) is 5. The summed E-state index contributed by atoms with van der Waals surface area (Å²) in [4.78, 5) is 0. The van der Waals surface area contributed by atoms with Crippen molar-refractivity contribution >= 4 is 11.6 Å². The molecule has 0 fully saturated rings. The number of phenolic OH excluding ortho intramolecular Hbond substituents is 1. The van der Waals surface area contributed by atoms with Gasteiger partial charge in [-0.15, -0.1) is 10.2 Å². The number of aromatic hydroxyl groups is 1. The standard InChI is InChI=1S/C14H14ClNO.ClHO4/c1-9-6-10(2)16(11(3)7-9)14-8-12(17)4-5-13(14)15;2-1(3,4)5/h4-8H,1-3H3;(H,2,3,4,5). The number of rotatable bonds is 1. The summed E-state index contributed by atoms with van der Waals surface area (Å²) in [5.41, 5.74) is 4.21. The first-order chi connectivity index (χ1) is 9.99. The summed E-state index contributed by atoms with van der Waals surface area (Å²) in [5.74, 6) is 0.219. The molecular formula is C14H15Cl2NO5. The second-order valence-corrected chi connectivity index (χ2v) is 5.83. The van der Waals surface area contributed by atoms with Crippen LogP contribution in [0.2, 0.25) is 5.02 Å². The van der Waals surface area contributed by atoms with Gasteiger partial charge in [0.2, 0.25) is 5.69 Å². The van der Waals surface area contributed by atoms with Crippen LogP contribution in [0.3, 0.4) is 0 Å². The van der Waals surface area contributed by atoms with E-state index in [1.807, 2.05) is 18.4 Å². The lowest BCUT2D eigenvalue weighted by atomic mass is 10.2. The molecule has 0 amide bonds. The molecule has 0 aliphatic rings. The largest absolute Gasteiger partial charge is 0.508 e. The monoisotopic (exact) mass is 347 g/mol. The Kier molecular flexibility index (Phi) is 6.13. The Morgan fingerprint density at radius 3 is 1.86 bits per heavy atom. The van der Waals surface area contributed by atoms with E-state index in [1.165, 1.54) is 5.56 Å². The molecule has 8 heteroatoms. The van der Waals surface area contributed by atoms with Gasteiger partial charge in [-0.2, -0.15) is 4.57 Å². The van der Waals surface area contributed by atoms with Crippen LogP contribution in [0, 0.1) is 31.0 Å². The molecule has 0 saturated heterocycles. The first-order valence-corrected chi connectivity index (χ1v) is 7.71. The van der Waals surface area contributed by atoms with E-state index in [1.54, 1.807) is 18.2 Å². The topological polar surface area (TPSA) is 116 Å². The molecule has 2 aromatic rings. The minimum atomic E-state index is -4.94. The zero-order chi connectivity index (χ0) is 17.1. The van der Waals surface area contributed by atoms with Crippen LogP contribution in [0.15, 0.2) is 30.3 Å². The van der Waals surface area contributed by atoms with Crippen molar-refractivity contribution in [2.75, 3.05) is 0 Å².